The molecule has 0 spiro atoms. The third-order valence-corrected chi connectivity index (χ3v) is 3.13. The summed E-state index contributed by atoms with van der Waals surface area (Å²) < 4.78 is 2.07. The molecular formula is C13H23N3O. The van der Waals surface area contributed by atoms with Gasteiger partial charge >= 0.3 is 0 Å². The Morgan fingerprint density at radius 3 is 2.76 bits per heavy atom. The summed E-state index contributed by atoms with van der Waals surface area (Å²) in [6.07, 6.45) is 2.82. The SMILES string of the molecule is CCCC[C@H](N)C(=O)NCc1ccc(C)n1C. The second-order valence-electron chi connectivity index (χ2n) is 4.49. The first-order valence-corrected chi connectivity index (χ1v) is 6.20. The van der Waals surface area contributed by atoms with Crippen LogP contribution in [0.5, 0.6) is 0 Å². The molecule has 17 heavy (non-hydrogen) atoms. The number of carbonyl (C=O) groups excluding carboxylic acids is 1. The number of nitrogens with one attached hydrogen (secondary N) is 1. The van der Waals surface area contributed by atoms with Gasteiger partial charge in [0.1, 0.15) is 0 Å². The van der Waals surface area contributed by atoms with Gasteiger partial charge in [-0.05, 0) is 25.5 Å². The van der Waals surface area contributed by atoms with E-state index in [4.69, 9.17) is 5.73 Å². The van der Waals surface area contributed by atoms with E-state index >= 15 is 0 Å². The Morgan fingerprint density at radius 1 is 1.53 bits per heavy atom. The maximum Gasteiger partial charge on any atom is 0.237 e. The Hall–Kier alpha value is -1.29. The van der Waals surface area contributed by atoms with Gasteiger partial charge in [0.2, 0.25) is 5.91 Å². The minimum absolute atomic E-state index is 0.0581. The summed E-state index contributed by atoms with van der Waals surface area (Å²) in [5.74, 6) is -0.0581. The number of hydrogen-bond donors (Lipinski definition) is 2. The van der Waals surface area contributed by atoms with Crippen LogP contribution in [0.4, 0.5) is 0 Å². The van der Waals surface area contributed by atoms with Crippen molar-refractivity contribution >= 4 is 5.91 Å². The van der Waals surface area contributed by atoms with Crippen LogP contribution in [0.25, 0.3) is 0 Å². The maximum atomic E-state index is 11.7. The van der Waals surface area contributed by atoms with E-state index in [-0.39, 0.29) is 11.9 Å². The quantitative estimate of drug-likeness (QED) is 0.787. The fourth-order valence-corrected chi connectivity index (χ4v) is 1.71. The van der Waals surface area contributed by atoms with Crippen LogP contribution in [-0.2, 0) is 18.4 Å². The molecule has 1 amide bonds. The number of carbonyl (C=O) groups is 1. The smallest absolute Gasteiger partial charge is 0.237 e. The van der Waals surface area contributed by atoms with Crippen molar-refractivity contribution in [1.29, 1.82) is 0 Å². The number of unbranched alkanes of at least 4 members (excludes halogenated alkanes) is 1. The molecule has 1 heterocycles. The van der Waals surface area contributed by atoms with Gasteiger partial charge in [0.25, 0.3) is 0 Å². The summed E-state index contributed by atoms with van der Waals surface area (Å²) in [7, 11) is 1.99. The van der Waals surface area contributed by atoms with Crippen LogP contribution in [0.15, 0.2) is 12.1 Å². The second kappa shape index (κ2) is 6.45. The second-order valence-corrected chi connectivity index (χ2v) is 4.49. The average molecular weight is 237 g/mol. The summed E-state index contributed by atoms with van der Waals surface area (Å²) >= 11 is 0. The largest absolute Gasteiger partial charge is 0.350 e. The van der Waals surface area contributed by atoms with Crippen LogP contribution in [-0.4, -0.2) is 16.5 Å². The Bertz CT molecular complexity index is 371. The summed E-state index contributed by atoms with van der Waals surface area (Å²) in [5.41, 5.74) is 8.07. The molecule has 0 unspecified atom stereocenters. The molecule has 4 nitrogen and oxygen atoms in total. The molecule has 1 atom stereocenters. The van der Waals surface area contributed by atoms with Gasteiger partial charge in [-0.2, -0.15) is 0 Å². The van der Waals surface area contributed by atoms with Crippen LogP contribution in [0.1, 0.15) is 37.6 Å². The van der Waals surface area contributed by atoms with E-state index in [1.165, 1.54) is 5.69 Å². The van der Waals surface area contributed by atoms with Crippen LogP contribution in [0.3, 0.4) is 0 Å². The molecule has 0 aromatic carbocycles. The molecule has 0 aliphatic rings. The zero-order valence-corrected chi connectivity index (χ0v) is 11.0. The third-order valence-electron chi connectivity index (χ3n) is 3.13. The summed E-state index contributed by atoms with van der Waals surface area (Å²) in [6, 6.07) is 3.68. The number of aryl methyl sites for hydroxylation is 1. The molecule has 0 aliphatic carbocycles. The van der Waals surface area contributed by atoms with Crippen LogP contribution < -0.4 is 11.1 Å². The van der Waals surface area contributed by atoms with Gasteiger partial charge < -0.3 is 15.6 Å². The lowest BCUT2D eigenvalue weighted by Gasteiger charge is -2.12. The number of hydrogen-bond acceptors (Lipinski definition) is 2. The molecule has 0 saturated heterocycles. The lowest BCUT2D eigenvalue weighted by Crippen LogP contribution is -2.40. The molecule has 1 aromatic heterocycles. The molecule has 1 rings (SSSR count). The Kier molecular flexibility index (Phi) is 5.22. The Balaban J connectivity index is 2.40. The first-order chi connectivity index (χ1) is 8.06. The minimum atomic E-state index is -0.378. The summed E-state index contributed by atoms with van der Waals surface area (Å²) in [6.45, 7) is 4.68. The monoisotopic (exact) mass is 237 g/mol. The molecule has 3 N–H and O–H groups in total. The van der Waals surface area contributed by atoms with Crippen LogP contribution >= 0.6 is 0 Å². The van der Waals surface area contributed by atoms with Gasteiger partial charge in [-0.15, -0.1) is 0 Å². The average Bonchev–Trinajstić information content (AvgIpc) is 2.64. The van der Waals surface area contributed by atoms with E-state index in [9.17, 15) is 4.79 Å². The number of rotatable bonds is 6. The number of amides is 1. The third kappa shape index (κ3) is 3.89. The summed E-state index contributed by atoms with van der Waals surface area (Å²) in [4.78, 5) is 11.7. The Morgan fingerprint density at radius 2 is 2.24 bits per heavy atom. The van der Waals surface area contributed by atoms with Crippen molar-refractivity contribution < 1.29 is 4.79 Å². The van der Waals surface area contributed by atoms with Gasteiger partial charge in [-0.1, -0.05) is 19.8 Å². The predicted octanol–water partition coefficient (Wildman–Crippen LogP) is 1.47. The molecule has 0 aliphatic heterocycles. The van der Waals surface area contributed by atoms with Crippen molar-refractivity contribution in [1.82, 2.24) is 9.88 Å². The van der Waals surface area contributed by atoms with Crippen molar-refractivity contribution in [2.45, 2.75) is 45.7 Å². The van der Waals surface area contributed by atoms with Gasteiger partial charge in [0, 0.05) is 18.4 Å². The molecule has 1 aromatic rings. The zero-order chi connectivity index (χ0) is 12.8. The standard InChI is InChI=1S/C13H23N3O/c1-4-5-6-12(14)13(17)15-9-11-8-7-10(2)16(11)3/h7-8,12H,4-6,9,14H2,1-3H3,(H,15,17)/t12-/m0/s1. The van der Waals surface area contributed by atoms with Crippen LogP contribution in [0.2, 0.25) is 0 Å². The van der Waals surface area contributed by atoms with E-state index in [1.54, 1.807) is 0 Å². The number of nitrogens with two attached hydrogens (primary N) is 1. The first kappa shape index (κ1) is 13.8. The van der Waals surface area contributed by atoms with Crippen molar-refractivity contribution in [3.63, 3.8) is 0 Å². The Labute approximate surface area is 103 Å². The lowest BCUT2D eigenvalue weighted by molar-refractivity contribution is -0.122. The van der Waals surface area contributed by atoms with Gasteiger partial charge in [0.05, 0.1) is 12.6 Å². The highest BCUT2D eigenvalue weighted by Crippen LogP contribution is 2.05. The van der Waals surface area contributed by atoms with E-state index in [1.807, 2.05) is 26.1 Å². The van der Waals surface area contributed by atoms with Gasteiger partial charge in [0.15, 0.2) is 0 Å². The molecule has 0 radical (unpaired) electrons. The summed E-state index contributed by atoms with van der Waals surface area (Å²) in [5, 5.41) is 2.88. The highest BCUT2D eigenvalue weighted by atomic mass is 16.2. The van der Waals surface area contributed by atoms with E-state index < -0.39 is 0 Å². The number of aromatic nitrogens is 1. The highest BCUT2D eigenvalue weighted by Gasteiger charge is 2.12. The van der Waals surface area contributed by atoms with Gasteiger partial charge in [-0.25, -0.2) is 0 Å². The highest BCUT2D eigenvalue weighted by molar-refractivity contribution is 5.81. The number of nitrogens with zero attached hydrogens (tertiary/aromatic N) is 1. The minimum Gasteiger partial charge on any atom is -0.350 e. The molecule has 0 fully saturated rings. The van der Waals surface area contributed by atoms with E-state index in [2.05, 4.69) is 16.8 Å². The molecular weight excluding hydrogens is 214 g/mol. The van der Waals surface area contributed by atoms with Crippen molar-refractivity contribution in [3.05, 3.63) is 23.5 Å². The normalized spacial score (nSPS) is 12.5. The van der Waals surface area contributed by atoms with Gasteiger partial charge in [-0.3, -0.25) is 4.79 Å². The predicted molar refractivity (Wildman–Crippen MR) is 69.5 cm³/mol. The fourth-order valence-electron chi connectivity index (χ4n) is 1.71. The molecule has 0 bridgehead atoms. The zero-order valence-electron chi connectivity index (χ0n) is 11.0. The topological polar surface area (TPSA) is 60.1 Å². The van der Waals surface area contributed by atoms with E-state index in [0.717, 1.165) is 25.0 Å². The van der Waals surface area contributed by atoms with Crippen molar-refractivity contribution in [2.75, 3.05) is 0 Å². The molecule has 96 valence electrons. The first-order valence-electron chi connectivity index (χ1n) is 6.20. The van der Waals surface area contributed by atoms with E-state index in [0.29, 0.717) is 6.54 Å². The maximum absolute atomic E-state index is 11.7. The molecule has 0 saturated carbocycles. The molecule has 4 heteroatoms. The van der Waals surface area contributed by atoms with Crippen molar-refractivity contribution in [3.8, 4) is 0 Å². The fraction of sp³-hybridized carbons (Fsp3) is 0.615. The lowest BCUT2D eigenvalue weighted by atomic mass is 10.1. The van der Waals surface area contributed by atoms with Crippen LogP contribution in [0, 0.1) is 6.92 Å². The van der Waals surface area contributed by atoms with Crippen molar-refractivity contribution in [2.24, 2.45) is 12.8 Å².